The van der Waals surface area contributed by atoms with Crippen LogP contribution in [0.15, 0.2) is 24.3 Å². The molecule has 1 saturated heterocycles. The van der Waals surface area contributed by atoms with Crippen molar-refractivity contribution in [3.8, 4) is 5.75 Å². The van der Waals surface area contributed by atoms with Gasteiger partial charge in [0.1, 0.15) is 5.75 Å². The molecule has 6 heteroatoms. The predicted octanol–water partition coefficient (Wildman–Crippen LogP) is 1.99. The van der Waals surface area contributed by atoms with Gasteiger partial charge in [-0.15, -0.1) is 0 Å². The SMILES string of the molecule is COc1ccc(C(CC(=O)N2CCCCC2C(C)N)NC(C)=O)cc1. The Bertz CT molecular complexity index is 586. The Kier molecular flexibility index (Phi) is 6.82. The molecule has 0 aromatic heterocycles. The van der Waals surface area contributed by atoms with E-state index in [0.29, 0.717) is 0 Å². The number of hydrogen-bond donors (Lipinski definition) is 2. The van der Waals surface area contributed by atoms with Crippen molar-refractivity contribution < 1.29 is 14.3 Å². The second-order valence-electron chi connectivity index (χ2n) is 6.74. The first-order valence-corrected chi connectivity index (χ1v) is 8.88. The van der Waals surface area contributed by atoms with Crippen LogP contribution in [0.1, 0.15) is 51.1 Å². The molecule has 138 valence electrons. The van der Waals surface area contributed by atoms with Crippen LogP contribution in [0.3, 0.4) is 0 Å². The summed E-state index contributed by atoms with van der Waals surface area (Å²) in [5.74, 6) is 0.622. The standard InChI is InChI=1S/C19H29N3O3/c1-13(20)18-6-4-5-11-22(18)19(24)12-17(21-14(2)23)15-7-9-16(25-3)10-8-15/h7-10,13,17-18H,4-6,11-12,20H2,1-3H3,(H,21,23). The highest BCUT2D eigenvalue weighted by molar-refractivity contribution is 5.79. The van der Waals surface area contributed by atoms with E-state index in [1.807, 2.05) is 36.1 Å². The summed E-state index contributed by atoms with van der Waals surface area (Å²) in [6.45, 7) is 4.15. The van der Waals surface area contributed by atoms with Gasteiger partial charge in [0.2, 0.25) is 11.8 Å². The first-order chi connectivity index (χ1) is 11.9. The van der Waals surface area contributed by atoms with E-state index in [0.717, 1.165) is 37.1 Å². The van der Waals surface area contributed by atoms with Gasteiger partial charge in [0.15, 0.2) is 0 Å². The van der Waals surface area contributed by atoms with Crippen molar-refractivity contribution in [2.24, 2.45) is 5.73 Å². The molecule has 2 amide bonds. The third-order valence-corrected chi connectivity index (χ3v) is 4.75. The van der Waals surface area contributed by atoms with Crippen molar-refractivity contribution >= 4 is 11.8 Å². The van der Waals surface area contributed by atoms with Crippen molar-refractivity contribution in [1.29, 1.82) is 0 Å². The summed E-state index contributed by atoms with van der Waals surface area (Å²) in [5.41, 5.74) is 6.96. The van der Waals surface area contributed by atoms with E-state index in [4.69, 9.17) is 10.5 Å². The average Bonchev–Trinajstić information content (AvgIpc) is 2.60. The van der Waals surface area contributed by atoms with E-state index < -0.39 is 0 Å². The van der Waals surface area contributed by atoms with Crippen LogP contribution < -0.4 is 15.8 Å². The van der Waals surface area contributed by atoms with Crippen molar-refractivity contribution in [3.63, 3.8) is 0 Å². The molecule has 0 aliphatic carbocycles. The number of rotatable bonds is 6. The van der Waals surface area contributed by atoms with Crippen LogP contribution in [0.5, 0.6) is 5.75 Å². The molecule has 2 rings (SSSR count). The molecule has 1 aromatic rings. The molecule has 1 heterocycles. The summed E-state index contributed by atoms with van der Waals surface area (Å²) < 4.78 is 5.17. The molecule has 1 fully saturated rings. The molecular formula is C19H29N3O3. The lowest BCUT2D eigenvalue weighted by molar-refractivity contribution is -0.136. The van der Waals surface area contributed by atoms with Gasteiger partial charge in [0, 0.05) is 25.6 Å². The fraction of sp³-hybridized carbons (Fsp3) is 0.579. The van der Waals surface area contributed by atoms with Gasteiger partial charge in [-0.05, 0) is 43.9 Å². The molecule has 0 spiro atoms. The second-order valence-corrected chi connectivity index (χ2v) is 6.74. The number of hydrogen-bond acceptors (Lipinski definition) is 4. The number of likely N-dealkylation sites (tertiary alicyclic amines) is 1. The minimum Gasteiger partial charge on any atom is -0.497 e. The van der Waals surface area contributed by atoms with Gasteiger partial charge < -0.3 is 20.7 Å². The number of carbonyl (C=O) groups is 2. The minimum atomic E-state index is -0.355. The van der Waals surface area contributed by atoms with Crippen molar-refractivity contribution in [2.45, 2.75) is 57.7 Å². The van der Waals surface area contributed by atoms with Crippen LogP contribution in [-0.4, -0.2) is 42.5 Å². The van der Waals surface area contributed by atoms with Crippen LogP contribution in [0.4, 0.5) is 0 Å². The summed E-state index contributed by atoms with van der Waals surface area (Å²) in [7, 11) is 1.61. The lowest BCUT2D eigenvalue weighted by Gasteiger charge is -2.38. The number of nitrogens with one attached hydrogen (secondary N) is 1. The lowest BCUT2D eigenvalue weighted by Crippen LogP contribution is -2.52. The van der Waals surface area contributed by atoms with E-state index in [1.54, 1.807) is 7.11 Å². The highest BCUT2D eigenvalue weighted by Crippen LogP contribution is 2.25. The maximum Gasteiger partial charge on any atom is 0.225 e. The van der Waals surface area contributed by atoms with Gasteiger partial charge in [-0.1, -0.05) is 12.1 Å². The average molecular weight is 347 g/mol. The topological polar surface area (TPSA) is 84.7 Å². The molecular weight excluding hydrogens is 318 g/mol. The van der Waals surface area contributed by atoms with Crippen LogP contribution in [-0.2, 0) is 9.59 Å². The summed E-state index contributed by atoms with van der Waals surface area (Å²) in [5, 5.41) is 2.89. The van der Waals surface area contributed by atoms with E-state index in [2.05, 4.69) is 5.32 Å². The van der Waals surface area contributed by atoms with E-state index in [-0.39, 0.29) is 36.4 Å². The Morgan fingerprint density at radius 1 is 1.32 bits per heavy atom. The van der Waals surface area contributed by atoms with E-state index >= 15 is 0 Å². The third kappa shape index (κ3) is 5.19. The Hall–Kier alpha value is -2.08. The lowest BCUT2D eigenvalue weighted by atomic mass is 9.95. The zero-order valence-corrected chi connectivity index (χ0v) is 15.3. The number of nitrogens with zero attached hydrogens (tertiary/aromatic N) is 1. The molecule has 6 nitrogen and oxygen atoms in total. The monoisotopic (exact) mass is 347 g/mol. The smallest absolute Gasteiger partial charge is 0.225 e. The molecule has 3 N–H and O–H groups in total. The summed E-state index contributed by atoms with van der Waals surface area (Å²) in [4.78, 5) is 26.4. The molecule has 1 aromatic carbocycles. The molecule has 1 aliphatic heterocycles. The van der Waals surface area contributed by atoms with Crippen LogP contribution in [0.25, 0.3) is 0 Å². The van der Waals surface area contributed by atoms with Crippen LogP contribution >= 0.6 is 0 Å². The van der Waals surface area contributed by atoms with E-state index in [1.165, 1.54) is 6.92 Å². The number of benzene rings is 1. The Morgan fingerprint density at radius 2 is 2.00 bits per heavy atom. The molecule has 1 aliphatic rings. The number of carbonyl (C=O) groups excluding carboxylic acids is 2. The Morgan fingerprint density at radius 3 is 2.56 bits per heavy atom. The number of nitrogens with two attached hydrogens (primary N) is 1. The third-order valence-electron chi connectivity index (χ3n) is 4.75. The quantitative estimate of drug-likeness (QED) is 0.824. The van der Waals surface area contributed by atoms with Gasteiger partial charge in [-0.2, -0.15) is 0 Å². The number of piperidine rings is 1. The van der Waals surface area contributed by atoms with Crippen LogP contribution in [0, 0.1) is 0 Å². The van der Waals surface area contributed by atoms with Crippen molar-refractivity contribution in [1.82, 2.24) is 10.2 Å². The van der Waals surface area contributed by atoms with Crippen LogP contribution in [0.2, 0.25) is 0 Å². The van der Waals surface area contributed by atoms with Gasteiger partial charge in [-0.25, -0.2) is 0 Å². The highest BCUT2D eigenvalue weighted by atomic mass is 16.5. The summed E-state index contributed by atoms with van der Waals surface area (Å²) >= 11 is 0. The Balaban J connectivity index is 2.14. The molecule has 3 unspecified atom stereocenters. The summed E-state index contributed by atoms with van der Waals surface area (Å²) in [6.07, 6.45) is 3.28. The highest BCUT2D eigenvalue weighted by Gasteiger charge is 2.30. The zero-order chi connectivity index (χ0) is 18.4. The number of amides is 2. The maximum atomic E-state index is 12.9. The Labute approximate surface area is 149 Å². The molecule has 25 heavy (non-hydrogen) atoms. The largest absolute Gasteiger partial charge is 0.497 e. The van der Waals surface area contributed by atoms with Crippen molar-refractivity contribution in [3.05, 3.63) is 29.8 Å². The maximum absolute atomic E-state index is 12.9. The number of ether oxygens (including phenoxy) is 1. The van der Waals surface area contributed by atoms with Crippen molar-refractivity contribution in [2.75, 3.05) is 13.7 Å². The summed E-state index contributed by atoms with van der Waals surface area (Å²) in [6, 6.07) is 7.10. The van der Waals surface area contributed by atoms with Gasteiger partial charge in [0.25, 0.3) is 0 Å². The van der Waals surface area contributed by atoms with Gasteiger partial charge >= 0.3 is 0 Å². The molecule has 0 radical (unpaired) electrons. The minimum absolute atomic E-state index is 0.0385. The van der Waals surface area contributed by atoms with Gasteiger partial charge in [0.05, 0.1) is 19.6 Å². The van der Waals surface area contributed by atoms with E-state index in [9.17, 15) is 9.59 Å². The first kappa shape index (κ1) is 19.2. The second kappa shape index (κ2) is 8.85. The molecule has 0 saturated carbocycles. The fourth-order valence-corrected chi connectivity index (χ4v) is 3.44. The molecule has 0 bridgehead atoms. The number of methoxy groups -OCH3 is 1. The predicted molar refractivity (Wildman–Crippen MR) is 97.2 cm³/mol. The normalized spacial score (nSPS) is 19.8. The molecule has 3 atom stereocenters. The van der Waals surface area contributed by atoms with Gasteiger partial charge in [-0.3, -0.25) is 9.59 Å². The fourth-order valence-electron chi connectivity index (χ4n) is 3.44. The first-order valence-electron chi connectivity index (χ1n) is 8.88. The zero-order valence-electron chi connectivity index (χ0n) is 15.3.